The summed E-state index contributed by atoms with van der Waals surface area (Å²) in [5.41, 5.74) is 0.324. The zero-order valence-corrected chi connectivity index (χ0v) is 13.3. The van der Waals surface area contributed by atoms with Gasteiger partial charge in [0.25, 0.3) is 11.7 Å². The van der Waals surface area contributed by atoms with Crippen LogP contribution >= 0.6 is 11.3 Å². The van der Waals surface area contributed by atoms with Crippen molar-refractivity contribution in [2.75, 3.05) is 11.9 Å². The smallest absolute Gasteiger partial charge is 0.341 e. The van der Waals surface area contributed by atoms with Crippen molar-refractivity contribution >= 4 is 34.0 Å². The minimum absolute atomic E-state index is 0.0236. The van der Waals surface area contributed by atoms with E-state index < -0.39 is 11.9 Å². The lowest BCUT2D eigenvalue weighted by Gasteiger charge is -2.03. The van der Waals surface area contributed by atoms with Crippen LogP contribution in [0.2, 0.25) is 0 Å². The first-order valence-corrected chi connectivity index (χ1v) is 7.66. The number of fused-ring (bicyclic) bond motifs is 1. The Morgan fingerprint density at radius 2 is 2.26 bits per heavy atom. The van der Waals surface area contributed by atoms with E-state index in [1.165, 1.54) is 15.9 Å². The summed E-state index contributed by atoms with van der Waals surface area (Å²) in [5.74, 6) is -0.685. The number of aryl methyl sites for hydroxylation is 1. The van der Waals surface area contributed by atoms with Crippen LogP contribution in [0.1, 0.15) is 32.8 Å². The average molecular weight is 331 g/mol. The van der Waals surface area contributed by atoms with Gasteiger partial charge in [-0.15, -0.1) is 16.4 Å². The number of carbonyl (C=O) groups is 2. The number of carbonyl (C=O) groups excluding carboxylic acids is 2. The fourth-order valence-corrected chi connectivity index (χ4v) is 2.85. The SMILES string of the molecule is CCOC(=O)c1cc(C)sc1NC(=O)c1nc2ncccn2n1. The largest absolute Gasteiger partial charge is 0.462 e. The second kappa shape index (κ2) is 6.13. The van der Waals surface area contributed by atoms with E-state index in [-0.39, 0.29) is 12.4 Å². The number of hydrogen-bond donors (Lipinski definition) is 1. The van der Waals surface area contributed by atoms with Crippen LogP contribution in [0.4, 0.5) is 5.00 Å². The summed E-state index contributed by atoms with van der Waals surface area (Å²) in [4.78, 5) is 33.2. The number of thiophene rings is 1. The number of esters is 1. The molecule has 0 aliphatic rings. The van der Waals surface area contributed by atoms with Gasteiger partial charge in [0.15, 0.2) is 0 Å². The van der Waals surface area contributed by atoms with Crippen LogP contribution in [0.5, 0.6) is 0 Å². The summed E-state index contributed by atoms with van der Waals surface area (Å²) >= 11 is 1.29. The van der Waals surface area contributed by atoms with Crippen molar-refractivity contribution < 1.29 is 14.3 Å². The first-order chi connectivity index (χ1) is 11.1. The number of rotatable bonds is 4. The van der Waals surface area contributed by atoms with Gasteiger partial charge < -0.3 is 10.1 Å². The fraction of sp³-hybridized carbons (Fsp3) is 0.214. The summed E-state index contributed by atoms with van der Waals surface area (Å²) in [5, 5.41) is 7.12. The van der Waals surface area contributed by atoms with Crippen LogP contribution in [-0.2, 0) is 4.74 Å². The van der Waals surface area contributed by atoms with E-state index in [4.69, 9.17) is 4.74 Å². The summed E-state index contributed by atoms with van der Waals surface area (Å²) in [7, 11) is 0. The monoisotopic (exact) mass is 331 g/mol. The number of ether oxygens (including phenoxy) is 1. The molecule has 118 valence electrons. The van der Waals surface area contributed by atoms with Crippen LogP contribution in [0.15, 0.2) is 24.5 Å². The third kappa shape index (κ3) is 3.04. The molecular weight excluding hydrogens is 318 g/mol. The molecule has 0 bridgehead atoms. The summed E-state index contributed by atoms with van der Waals surface area (Å²) in [6.45, 7) is 3.83. The van der Waals surface area contributed by atoms with Gasteiger partial charge in [-0.1, -0.05) is 0 Å². The standard InChI is InChI=1S/C14H13N5O3S/c1-3-22-13(21)9-7-8(2)23-12(9)17-11(20)10-16-14-15-5-4-6-19(14)18-10/h4-7H,3H2,1-2H3,(H,17,20). The lowest BCUT2D eigenvalue weighted by Crippen LogP contribution is -2.15. The predicted molar refractivity (Wildman–Crippen MR) is 83.7 cm³/mol. The molecule has 0 aliphatic carbocycles. The van der Waals surface area contributed by atoms with Gasteiger partial charge in [0.2, 0.25) is 5.82 Å². The number of nitrogens with one attached hydrogen (secondary N) is 1. The molecule has 3 rings (SSSR count). The number of anilines is 1. The van der Waals surface area contributed by atoms with E-state index in [9.17, 15) is 9.59 Å². The number of hydrogen-bond acceptors (Lipinski definition) is 7. The zero-order chi connectivity index (χ0) is 16.4. The first kappa shape index (κ1) is 15.1. The van der Waals surface area contributed by atoms with E-state index in [2.05, 4.69) is 20.4 Å². The van der Waals surface area contributed by atoms with Crippen LogP contribution in [0, 0.1) is 6.92 Å². The Kier molecular flexibility index (Phi) is 4.02. The quantitative estimate of drug-likeness (QED) is 0.733. The fourth-order valence-electron chi connectivity index (χ4n) is 1.96. The van der Waals surface area contributed by atoms with E-state index in [1.807, 2.05) is 6.92 Å². The molecule has 0 atom stereocenters. The molecule has 9 heteroatoms. The minimum Gasteiger partial charge on any atom is -0.462 e. The highest BCUT2D eigenvalue weighted by Crippen LogP contribution is 2.28. The molecule has 3 aromatic rings. The lowest BCUT2D eigenvalue weighted by molar-refractivity contribution is 0.0528. The zero-order valence-electron chi connectivity index (χ0n) is 12.4. The normalized spacial score (nSPS) is 10.7. The number of amides is 1. The molecule has 0 saturated carbocycles. The van der Waals surface area contributed by atoms with Crippen LogP contribution < -0.4 is 5.32 Å². The molecule has 0 fully saturated rings. The topological polar surface area (TPSA) is 98.5 Å². The van der Waals surface area contributed by atoms with Crippen molar-refractivity contribution in [3.63, 3.8) is 0 Å². The summed E-state index contributed by atoms with van der Waals surface area (Å²) < 4.78 is 6.39. The van der Waals surface area contributed by atoms with Gasteiger partial charge in [-0.3, -0.25) is 4.79 Å². The summed E-state index contributed by atoms with van der Waals surface area (Å²) in [6, 6.07) is 3.36. The summed E-state index contributed by atoms with van der Waals surface area (Å²) in [6.07, 6.45) is 3.21. The molecule has 8 nitrogen and oxygen atoms in total. The third-order valence-electron chi connectivity index (χ3n) is 2.90. The van der Waals surface area contributed by atoms with Crippen molar-refractivity contribution in [3.8, 4) is 0 Å². The maximum atomic E-state index is 12.3. The molecule has 0 radical (unpaired) electrons. The second-order valence-electron chi connectivity index (χ2n) is 4.57. The van der Waals surface area contributed by atoms with Gasteiger partial charge in [0, 0.05) is 17.3 Å². The highest BCUT2D eigenvalue weighted by Gasteiger charge is 2.20. The molecule has 0 spiro atoms. The molecular formula is C14H13N5O3S. The Balaban J connectivity index is 1.86. The van der Waals surface area contributed by atoms with Crippen molar-refractivity contribution in [1.29, 1.82) is 0 Å². The second-order valence-corrected chi connectivity index (χ2v) is 5.83. The van der Waals surface area contributed by atoms with E-state index in [0.29, 0.717) is 16.3 Å². The minimum atomic E-state index is -0.511. The lowest BCUT2D eigenvalue weighted by atomic mass is 10.3. The van der Waals surface area contributed by atoms with Crippen molar-refractivity contribution in [3.05, 3.63) is 40.8 Å². The van der Waals surface area contributed by atoms with Crippen molar-refractivity contribution in [2.24, 2.45) is 0 Å². The van der Waals surface area contributed by atoms with Gasteiger partial charge in [0.05, 0.1) is 12.2 Å². The molecule has 3 aromatic heterocycles. The van der Waals surface area contributed by atoms with Gasteiger partial charge in [0.1, 0.15) is 5.00 Å². The van der Waals surface area contributed by atoms with Crippen LogP contribution in [0.25, 0.3) is 5.78 Å². The van der Waals surface area contributed by atoms with Crippen molar-refractivity contribution in [2.45, 2.75) is 13.8 Å². The van der Waals surface area contributed by atoms with Crippen LogP contribution in [0.3, 0.4) is 0 Å². The van der Waals surface area contributed by atoms with Gasteiger partial charge in [-0.25, -0.2) is 14.3 Å². The highest BCUT2D eigenvalue weighted by atomic mass is 32.1. The maximum absolute atomic E-state index is 12.3. The molecule has 1 N–H and O–H groups in total. The maximum Gasteiger partial charge on any atom is 0.341 e. The van der Waals surface area contributed by atoms with Crippen LogP contribution in [-0.4, -0.2) is 38.1 Å². The van der Waals surface area contributed by atoms with E-state index in [1.54, 1.807) is 31.5 Å². The Morgan fingerprint density at radius 1 is 1.43 bits per heavy atom. The Hall–Kier alpha value is -2.81. The molecule has 1 amide bonds. The molecule has 0 unspecified atom stereocenters. The van der Waals surface area contributed by atoms with E-state index in [0.717, 1.165) is 4.88 Å². The molecule has 0 aromatic carbocycles. The van der Waals surface area contributed by atoms with E-state index >= 15 is 0 Å². The van der Waals surface area contributed by atoms with Crippen molar-refractivity contribution in [1.82, 2.24) is 19.6 Å². The number of nitrogens with zero attached hydrogens (tertiary/aromatic N) is 4. The number of aromatic nitrogens is 4. The van der Waals surface area contributed by atoms with Gasteiger partial charge >= 0.3 is 5.97 Å². The average Bonchev–Trinajstić information content (AvgIpc) is 3.11. The highest BCUT2D eigenvalue weighted by molar-refractivity contribution is 7.16. The third-order valence-corrected chi connectivity index (χ3v) is 3.86. The Bertz CT molecular complexity index is 853. The Labute approximate surface area is 135 Å². The molecule has 0 saturated heterocycles. The molecule has 0 aliphatic heterocycles. The van der Waals surface area contributed by atoms with Gasteiger partial charge in [-0.2, -0.15) is 4.98 Å². The Morgan fingerprint density at radius 3 is 3.00 bits per heavy atom. The predicted octanol–water partition coefficient (Wildman–Crippen LogP) is 1.92. The van der Waals surface area contributed by atoms with Gasteiger partial charge in [-0.05, 0) is 26.0 Å². The first-order valence-electron chi connectivity index (χ1n) is 6.84. The molecule has 3 heterocycles. The molecule has 23 heavy (non-hydrogen) atoms.